The van der Waals surface area contributed by atoms with Gasteiger partial charge in [-0.05, 0) is 140 Å². The van der Waals surface area contributed by atoms with E-state index < -0.39 is 5.97 Å². The molecule has 8 heteroatoms. The second-order valence-electron chi connectivity index (χ2n) is 18.1. The SMILES string of the molecule is O=C(/C=C/c1ccc2c(c1)CCN2C(=O)C1CCCCC1)Oc1cccc2c1C1(CCc3cccc(OOC/C=C/c4ccc5c(c4)CCN5C(=O)C4CCCCC4)c31)CC2. The van der Waals surface area contributed by atoms with Gasteiger partial charge in [-0.2, -0.15) is 4.89 Å². The quantitative estimate of drug-likeness (QED) is 0.0396. The Morgan fingerprint density at radius 2 is 1.15 bits per heavy atom. The summed E-state index contributed by atoms with van der Waals surface area (Å²) >= 11 is 0. The number of fused-ring (bicyclic) bond motifs is 6. The zero-order chi connectivity index (χ0) is 41.3. The summed E-state index contributed by atoms with van der Waals surface area (Å²) in [5.41, 5.74) is 10.7. The van der Waals surface area contributed by atoms with Crippen molar-refractivity contribution in [3.63, 3.8) is 0 Å². The van der Waals surface area contributed by atoms with E-state index in [9.17, 15) is 14.4 Å². The van der Waals surface area contributed by atoms with Gasteiger partial charge in [0.25, 0.3) is 0 Å². The molecule has 4 aliphatic carbocycles. The second kappa shape index (κ2) is 17.1. The standard InChI is InChI=1S/C53H56N2O6/c56-48(24-21-37-20-23-45-43(35-37)28-32-55(45)52(58)41-13-5-2-6-14-41)60-46-17-7-15-38-25-29-53(49(38)46)30-26-39-16-8-18-47(50(39)53)61-59-33-9-10-36-19-22-44-42(34-36)27-31-54(44)51(57)40-11-3-1-4-12-40/h7-10,15-24,34-35,40-41H,1-6,11-14,25-33H2/b10-9+,24-21+. The molecule has 2 aliphatic heterocycles. The number of amides is 2. The fourth-order valence-electron chi connectivity index (χ4n) is 11.5. The molecule has 1 atom stereocenters. The molecule has 2 fully saturated rings. The van der Waals surface area contributed by atoms with Crippen LogP contribution < -0.4 is 19.4 Å². The van der Waals surface area contributed by atoms with E-state index in [1.165, 1.54) is 35.6 Å². The van der Waals surface area contributed by atoms with Crippen molar-refractivity contribution in [1.82, 2.24) is 0 Å². The van der Waals surface area contributed by atoms with E-state index in [2.05, 4.69) is 36.4 Å². The minimum absolute atomic E-state index is 0.144. The molecule has 2 heterocycles. The van der Waals surface area contributed by atoms with Gasteiger partial charge >= 0.3 is 5.97 Å². The Hall–Kier alpha value is -5.47. The number of rotatable bonds is 10. The van der Waals surface area contributed by atoms with E-state index in [0.717, 1.165) is 142 Å². The Balaban J connectivity index is 0.791. The molecular weight excluding hydrogens is 761 g/mol. The molecule has 0 N–H and O–H groups in total. The molecule has 4 aromatic rings. The highest BCUT2D eigenvalue weighted by Gasteiger charge is 2.49. The molecule has 61 heavy (non-hydrogen) atoms. The van der Waals surface area contributed by atoms with Crippen molar-refractivity contribution in [2.45, 2.75) is 108 Å². The number of hydrogen-bond donors (Lipinski definition) is 0. The third kappa shape index (κ3) is 7.73. The molecule has 10 rings (SSSR count). The summed E-state index contributed by atoms with van der Waals surface area (Å²) in [6.07, 6.45) is 23.8. The lowest BCUT2D eigenvalue weighted by Gasteiger charge is -2.29. The van der Waals surface area contributed by atoms with Gasteiger partial charge in [0, 0.05) is 58.9 Å². The van der Waals surface area contributed by atoms with Crippen LogP contribution >= 0.6 is 0 Å². The lowest BCUT2D eigenvalue weighted by Crippen LogP contribution is -2.35. The van der Waals surface area contributed by atoms with Crippen LogP contribution in [0.2, 0.25) is 0 Å². The summed E-state index contributed by atoms with van der Waals surface area (Å²) in [5.74, 6) is 1.77. The molecule has 0 radical (unpaired) electrons. The topological polar surface area (TPSA) is 85.4 Å². The first kappa shape index (κ1) is 39.7. The van der Waals surface area contributed by atoms with Gasteiger partial charge in [-0.25, -0.2) is 4.79 Å². The molecule has 1 spiro atoms. The molecule has 2 saturated carbocycles. The summed E-state index contributed by atoms with van der Waals surface area (Å²) in [5, 5.41) is 0. The maximum Gasteiger partial charge on any atom is 0.336 e. The summed E-state index contributed by atoms with van der Waals surface area (Å²) in [7, 11) is 0. The number of carbonyl (C=O) groups excluding carboxylic acids is 3. The minimum Gasteiger partial charge on any atom is -0.423 e. The molecule has 0 bridgehead atoms. The third-order valence-corrected chi connectivity index (χ3v) is 14.5. The van der Waals surface area contributed by atoms with Crippen molar-refractivity contribution < 1.29 is 28.9 Å². The van der Waals surface area contributed by atoms with Crippen LogP contribution in [-0.2, 0) is 50.4 Å². The van der Waals surface area contributed by atoms with Crippen molar-refractivity contribution in [2.24, 2.45) is 11.8 Å². The number of anilines is 2. The summed E-state index contributed by atoms with van der Waals surface area (Å²) in [6.45, 7) is 1.76. The first-order chi connectivity index (χ1) is 29.9. The first-order valence-corrected chi connectivity index (χ1v) is 22.9. The normalized spacial score (nSPS) is 21.0. The fourth-order valence-corrected chi connectivity index (χ4v) is 11.5. The number of carbonyl (C=O) groups is 3. The van der Waals surface area contributed by atoms with Gasteiger partial charge in [0.2, 0.25) is 11.8 Å². The van der Waals surface area contributed by atoms with Crippen LogP contribution in [0.1, 0.15) is 122 Å². The average Bonchev–Trinajstić information content (AvgIpc) is 4.11. The van der Waals surface area contributed by atoms with Crippen molar-refractivity contribution in [3.05, 3.63) is 129 Å². The average molecular weight is 817 g/mol. The van der Waals surface area contributed by atoms with E-state index in [-0.39, 0.29) is 29.8 Å². The number of hydrogen-bond acceptors (Lipinski definition) is 6. The van der Waals surface area contributed by atoms with Crippen LogP contribution in [-0.4, -0.2) is 37.5 Å². The van der Waals surface area contributed by atoms with Gasteiger partial charge in [0.05, 0.1) is 0 Å². The Morgan fingerprint density at radius 3 is 1.74 bits per heavy atom. The van der Waals surface area contributed by atoms with Gasteiger partial charge in [0.1, 0.15) is 12.4 Å². The molecule has 314 valence electrons. The lowest BCUT2D eigenvalue weighted by molar-refractivity contribution is -0.196. The summed E-state index contributed by atoms with van der Waals surface area (Å²) < 4.78 is 6.18. The Kier molecular flexibility index (Phi) is 11.1. The van der Waals surface area contributed by atoms with Gasteiger partial charge in [-0.1, -0.05) is 87.1 Å². The van der Waals surface area contributed by atoms with Crippen LogP contribution in [0.4, 0.5) is 11.4 Å². The van der Waals surface area contributed by atoms with E-state index in [1.54, 1.807) is 0 Å². The van der Waals surface area contributed by atoms with Crippen molar-refractivity contribution in [1.29, 1.82) is 0 Å². The molecule has 2 amide bonds. The number of esters is 1. The van der Waals surface area contributed by atoms with E-state index in [0.29, 0.717) is 17.4 Å². The molecule has 0 aromatic heterocycles. The lowest BCUT2D eigenvalue weighted by atomic mass is 9.76. The Labute approximate surface area is 359 Å². The van der Waals surface area contributed by atoms with Crippen LogP contribution in [0.15, 0.2) is 84.9 Å². The molecule has 6 aliphatic rings. The third-order valence-electron chi connectivity index (χ3n) is 14.5. The zero-order valence-electron chi connectivity index (χ0n) is 35.2. The Bertz CT molecular complexity index is 2400. The molecule has 8 nitrogen and oxygen atoms in total. The first-order valence-electron chi connectivity index (χ1n) is 22.9. The van der Waals surface area contributed by atoms with Gasteiger partial charge < -0.3 is 19.4 Å². The largest absolute Gasteiger partial charge is 0.423 e. The van der Waals surface area contributed by atoms with Gasteiger partial charge in [0.15, 0.2) is 5.75 Å². The zero-order valence-corrected chi connectivity index (χ0v) is 35.2. The fraction of sp³-hybridized carbons (Fsp3) is 0.415. The monoisotopic (exact) mass is 816 g/mol. The minimum atomic E-state index is -0.420. The maximum absolute atomic E-state index is 13.5. The number of nitrogens with zero attached hydrogens (tertiary/aromatic N) is 2. The smallest absolute Gasteiger partial charge is 0.336 e. The van der Waals surface area contributed by atoms with Crippen molar-refractivity contribution >= 4 is 41.3 Å². The molecule has 4 aromatic carbocycles. The predicted molar refractivity (Wildman–Crippen MR) is 239 cm³/mol. The van der Waals surface area contributed by atoms with Crippen LogP contribution in [0, 0.1) is 11.8 Å². The number of ether oxygens (including phenoxy) is 1. The molecular formula is C53H56N2O6. The summed E-state index contributed by atoms with van der Waals surface area (Å²) in [4.78, 5) is 56.0. The second-order valence-corrected chi connectivity index (χ2v) is 18.1. The maximum atomic E-state index is 13.5. The predicted octanol–water partition coefficient (Wildman–Crippen LogP) is 10.4. The van der Waals surface area contributed by atoms with Crippen LogP contribution in [0.25, 0.3) is 12.2 Å². The van der Waals surface area contributed by atoms with Crippen molar-refractivity contribution in [3.8, 4) is 11.5 Å². The van der Waals surface area contributed by atoms with E-state index in [4.69, 9.17) is 14.5 Å². The number of benzene rings is 4. The highest BCUT2D eigenvalue weighted by molar-refractivity contribution is 5.98. The molecule has 0 saturated heterocycles. The highest BCUT2D eigenvalue weighted by Crippen LogP contribution is 2.57. The van der Waals surface area contributed by atoms with Gasteiger partial charge in [-0.3, -0.25) is 9.59 Å². The van der Waals surface area contributed by atoms with E-state index >= 15 is 0 Å². The van der Waals surface area contributed by atoms with Crippen molar-refractivity contribution in [2.75, 3.05) is 29.5 Å². The Morgan fingerprint density at radius 1 is 0.607 bits per heavy atom. The van der Waals surface area contributed by atoms with Crippen LogP contribution in [0.5, 0.6) is 11.5 Å². The number of aryl methyl sites for hydroxylation is 2. The van der Waals surface area contributed by atoms with Crippen LogP contribution in [0.3, 0.4) is 0 Å². The molecule has 1 unspecified atom stereocenters. The van der Waals surface area contributed by atoms with E-state index in [1.807, 2.05) is 64.4 Å². The summed E-state index contributed by atoms with van der Waals surface area (Å²) in [6, 6.07) is 24.7. The van der Waals surface area contributed by atoms with Gasteiger partial charge in [-0.15, -0.1) is 0 Å². The highest BCUT2D eigenvalue weighted by atomic mass is 17.2.